The molecule has 62 heavy (non-hydrogen) atoms. The van der Waals surface area contributed by atoms with E-state index in [1.165, 1.54) is 16.3 Å². The number of imide groups is 1. The van der Waals surface area contributed by atoms with Gasteiger partial charge in [-0.3, -0.25) is 24.4 Å². The Balaban J connectivity index is 0.777. The monoisotopic (exact) mass is 869 g/mol. The number of halogens is 3. The van der Waals surface area contributed by atoms with E-state index in [0.29, 0.717) is 99.0 Å². The Morgan fingerprint density at radius 3 is 2.42 bits per heavy atom. The summed E-state index contributed by atoms with van der Waals surface area (Å²) in [5, 5.41) is 15.1. The van der Waals surface area contributed by atoms with Crippen LogP contribution in [0.3, 0.4) is 0 Å². The highest BCUT2D eigenvalue weighted by Crippen LogP contribution is 2.46. The molecule has 4 amide bonds. The first kappa shape index (κ1) is 40.1. The molecule has 2 unspecified atom stereocenters. The molecule has 10 rings (SSSR count). The van der Waals surface area contributed by atoms with Gasteiger partial charge in [0.2, 0.25) is 23.5 Å². The maximum atomic E-state index is 15.2. The predicted molar refractivity (Wildman–Crippen MR) is 229 cm³/mol. The van der Waals surface area contributed by atoms with Gasteiger partial charge in [0.15, 0.2) is 12.4 Å². The van der Waals surface area contributed by atoms with E-state index < -0.39 is 30.0 Å². The fourth-order valence-corrected chi connectivity index (χ4v) is 9.63. The fraction of sp³-hybridized carbons (Fsp3) is 0.465. The van der Waals surface area contributed by atoms with Crippen molar-refractivity contribution < 1.29 is 27.9 Å². The van der Waals surface area contributed by atoms with Gasteiger partial charge in [0.25, 0.3) is 5.56 Å². The van der Waals surface area contributed by atoms with Gasteiger partial charge in [0.05, 0.1) is 40.6 Å². The predicted octanol–water partition coefficient (Wildman–Crippen LogP) is 5.47. The van der Waals surface area contributed by atoms with Crippen molar-refractivity contribution in [1.29, 1.82) is 0 Å². The summed E-state index contributed by atoms with van der Waals surface area (Å²) < 4.78 is 39.0. The molecule has 16 nitrogen and oxygen atoms in total. The lowest BCUT2D eigenvalue weighted by atomic mass is 9.88. The van der Waals surface area contributed by atoms with Gasteiger partial charge in [-0.05, 0) is 73.8 Å². The Labute approximate surface area is 359 Å². The van der Waals surface area contributed by atoms with Crippen LogP contribution in [0.5, 0.6) is 5.75 Å². The smallest absolute Gasteiger partial charge is 0.320 e. The number of hydrogen-bond donors (Lipinski definition) is 3. The van der Waals surface area contributed by atoms with Gasteiger partial charge in [0.1, 0.15) is 5.02 Å². The van der Waals surface area contributed by atoms with E-state index in [0.717, 1.165) is 23.7 Å². The number of nitrogens with zero attached hydrogens (tertiary/aromatic N) is 8. The van der Waals surface area contributed by atoms with Crippen LogP contribution >= 0.6 is 11.6 Å². The molecule has 7 heterocycles. The van der Waals surface area contributed by atoms with Crippen molar-refractivity contribution in [2.75, 3.05) is 61.4 Å². The first-order valence-electron chi connectivity index (χ1n) is 21.2. The van der Waals surface area contributed by atoms with Crippen LogP contribution < -0.4 is 31.1 Å². The molecule has 0 radical (unpaired) electrons. The number of piperidine rings is 2. The molecule has 19 heteroatoms. The average Bonchev–Trinajstić information content (AvgIpc) is 4.08. The first-order chi connectivity index (χ1) is 29.8. The number of pyridine rings is 1. The number of anilines is 4. The molecule has 2 atom stereocenters. The average molecular weight is 870 g/mol. The standard InChI is InChI=1S/C43H46ClF2N11O5/c1-53-31-9-6-26(20-29(31)35-36(40(53)60)62-22-43(45,46)37(50-35)24-3-4-24)48-38-30(44)21-47-41(51-38)55-15-17-57(18-16-55)42(61)56-13-11-23(12-14-56)25-5-7-27-32(19-25)54(2)52-34(27)28-8-10-33(58)49-39(28)59/h5-7,9,19-21,23-24,28,37,50H,3-4,8,10-18,22H2,1-2H3,(H,47,48,51)(H,49,58,59). The minimum absolute atomic E-state index is 0.0113. The third-order valence-corrected chi connectivity index (χ3v) is 13.4. The van der Waals surface area contributed by atoms with E-state index in [4.69, 9.17) is 21.3 Å². The Kier molecular flexibility index (Phi) is 9.95. The molecule has 3 aromatic heterocycles. The molecule has 5 aromatic rings. The normalized spacial score (nSPS) is 21.9. The molecule has 1 saturated carbocycles. The number of nitrogens with one attached hydrogen (secondary N) is 3. The summed E-state index contributed by atoms with van der Waals surface area (Å²) >= 11 is 6.60. The zero-order valence-electron chi connectivity index (χ0n) is 34.3. The molecule has 0 bridgehead atoms. The van der Waals surface area contributed by atoms with E-state index in [-0.39, 0.29) is 46.1 Å². The third kappa shape index (κ3) is 7.20. The summed E-state index contributed by atoms with van der Waals surface area (Å²) in [5.41, 5.74) is 3.68. The molecule has 3 N–H and O–H groups in total. The van der Waals surface area contributed by atoms with Crippen LogP contribution in [0.2, 0.25) is 5.02 Å². The summed E-state index contributed by atoms with van der Waals surface area (Å²) in [6.07, 6.45) is 5.27. The number of ether oxygens (including phenoxy) is 1. The quantitative estimate of drug-likeness (QED) is 0.185. The summed E-state index contributed by atoms with van der Waals surface area (Å²) in [6.45, 7) is 2.41. The highest BCUT2D eigenvalue weighted by molar-refractivity contribution is 6.33. The van der Waals surface area contributed by atoms with Crippen molar-refractivity contribution in [1.82, 2.24) is 39.4 Å². The van der Waals surface area contributed by atoms with Gasteiger partial charge in [-0.25, -0.2) is 18.6 Å². The van der Waals surface area contributed by atoms with Crippen molar-refractivity contribution in [3.8, 4) is 5.75 Å². The number of fused-ring (bicyclic) bond motifs is 4. The van der Waals surface area contributed by atoms with Gasteiger partial charge in [0, 0.05) is 76.2 Å². The number of aryl methyl sites for hydroxylation is 2. The number of likely N-dealkylation sites (tertiary alicyclic amines) is 1. The second-order valence-corrected chi connectivity index (χ2v) is 17.5. The third-order valence-electron chi connectivity index (χ3n) is 13.1. The van der Waals surface area contributed by atoms with Gasteiger partial charge in [-0.15, -0.1) is 0 Å². The minimum Gasteiger partial charge on any atom is -0.480 e. The Bertz CT molecular complexity index is 2710. The number of piperazine rings is 1. The number of carbonyl (C=O) groups is 3. The number of urea groups is 1. The number of benzene rings is 2. The molecule has 4 aliphatic heterocycles. The van der Waals surface area contributed by atoms with Gasteiger partial charge in [-0.2, -0.15) is 10.1 Å². The lowest BCUT2D eigenvalue weighted by Crippen LogP contribution is -2.54. The number of aromatic nitrogens is 5. The van der Waals surface area contributed by atoms with Crippen molar-refractivity contribution in [3.05, 3.63) is 69.2 Å². The lowest BCUT2D eigenvalue weighted by molar-refractivity contribution is -0.134. The maximum absolute atomic E-state index is 15.2. The molecule has 1 aliphatic carbocycles. The fourth-order valence-electron chi connectivity index (χ4n) is 9.49. The van der Waals surface area contributed by atoms with Crippen LogP contribution in [-0.4, -0.2) is 110 Å². The van der Waals surface area contributed by atoms with E-state index in [9.17, 15) is 19.2 Å². The van der Waals surface area contributed by atoms with Crippen LogP contribution in [0.25, 0.3) is 21.8 Å². The largest absolute Gasteiger partial charge is 0.480 e. The van der Waals surface area contributed by atoms with E-state index in [1.807, 2.05) is 27.8 Å². The molecular weight excluding hydrogens is 824 g/mol. The highest BCUT2D eigenvalue weighted by Gasteiger charge is 2.51. The molecule has 324 valence electrons. The summed E-state index contributed by atoms with van der Waals surface area (Å²) in [5.74, 6) is -3.43. The summed E-state index contributed by atoms with van der Waals surface area (Å²) in [4.78, 5) is 66.3. The lowest BCUT2D eigenvalue weighted by Gasteiger charge is -2.39. The topological polar surface area (TPSA) is 172 Å². The van der Waals surface area contributed by atoms with E-state index in [2.05, 4.69) is 38.2 Å². The second-order valence-electron chi connectivity index (χ2n) is 17.1. The van der Waals surface area contributed by atoms with E-state index in [1.54, 1.807) is 29.9 Å². The number of hydrogen-bond acceptors (Lipinski definition) is 11. The number of rotatable bonds is 6. The Morgan fingerprint density at radius 1 is 0.919 bits per heavy atom. The Morgan fingerprint density at radius 2 is 1.68 bits per heavy atom. The van der Waals surface area contributed by atoms with Crippen LogP contribution in [0.15, 0.2) is 47.4 Å². The molecule has 3 saturated heterocycles. The zero-order chi connectivity index (χ0) is 43.0. The first-order valence-corrected chi connectivity index (χ1v) is 21.5. The number of alkyl halides is 2. The molecule has 2 aromatic carbocycles. The van der Waals surface area contributed by atoms with Crippen molar-refractivity contribution >= 4 is 74.4 Å². The van der Waals surface area contributed by atoms with Crippen molar-refractivity contribution in [2.24, 2.45) is 20.0 Å². The Hall–Kier alpha value is -6.04. The van der Waals surface area contributed by atoms with Crippen molar-refractivity contribution in [3.63, 3.8) is 0 Å². The van der Waals surface area contributed by atoms with Crippen LogP contribution in [0.4, 0.5) is 36.7 Å². The minimum atomic E-state index is -3.15. The van der Waals surface area contributed by atoms with Crippen LogP contribution in [0, 0.1) is 5.92 Å². The van der Waals surface area contributed by atoms with E-state index >= 15 is 8.78 Å². The SMILES string of the molecule is Cn1nc(C2CCC(=O)NC2=O)c2ccc(C3CCN(C(=O)N4CCN(c5ncc(Cl)c(Nc6ccc7c(c6)c6c(c(=O)n7C)OCC(F)(F)C(C7CC7)N6)n5)CC4)CC3)cc21. The second kappa shape index (κ2) is 15.4. The highest BCUT2D eigenvalue weighted by atomic mass is 35.5. The molecule has 5 aliphatic rings. The number of carbonyl (C=O) groups excluding carboxylic acids is 3. The molecular formula is C43H46ClF2N11O5. The van der Waals surface area contributed by atoms with Gasteiger partial charge in [-0.1, -0.05) is 23.7 Å². The molecule has 0 spiro atoms. The number of amides is 4. The van der Waals surface area contributed by atoms with Gasteiger partial charge < -0.3 is 34.6 Å². The summed E-state index contributed by atoms with van der Waals surface area (Å²) in [7, 11) is 3.46. The van der Waals surface area contributed by atoms with Crippen LogP contribution in [0.1, 0.15) is 61.6 Å². The van der Waals surface area contributed by atoms with Gasteiger partial charge >= 0.3 is 12.0 Å². The van der Waals surface area contributed by atoms with Crippen molar-refractivity contribution in [2.45, 2.75) is 62.3 Å². The zero-order valence-corrected chi connectivity index (χ0v) is 35.1. The molecule has 4 fully saturated rings. The van der Waals surface area contributed by atoms with Crippen LogP contribution in [-0.2, 0) is 23.7 Å². The summed E-state index contributed by atoms with van der Waals surface area (Å²) in [6, 6.07) is 10.4. The maximum Gasteiger partial charge on any atom is 0.320 e.